The summed E-state index contributed by atoms with van der Waals surface area (Å²) in [5, 5.41) is 0. The third-order valence-electron chi connectivity index (χ3n) is 6.84. The molecule has 9 heteroatoms. The first-order valence-electron chi connectivity index (χ1n) is 11.8. The molecule has 1 unspecified atom stereocenters. The van der Waals surface area contributed by atoms with Crippen molar-refractivity contribution in [3.63, 3.8) is 0 Å². The van der Waals surface area contributed by atoms with Crippen LogP contribution in [0, 0.1) is 0 Å². The summed E-state index contributed by atoms with van der Waals surface area (Å²) >= 11 is 0. The van der Waals surface area contributed by atoms with Gasteiger partial charge in [0.05, 0.1) is 17.2 Å². The Morgan fingerprint density at radius 1 is 1.16 bits per heavy atom. The second kappa shape index (κ2) is 8.17. The number of aromatic nitrogens is 2. The Morgan fingerprint density at radius 3 is 2.28 bits per heavy atom. The van der Waals surface area contributed by atoms with E-state index in [2.05, 4.69) is 14.9 Å². The number of anilines is 1. The van der Waals surface area contributed by atoms with E-state index in [9.17, 15) is 4.79 Å². The molecule has 3 fully saturated rings. The van der Waals surface area contributed by atoms with Gasteiger partial charge in [0.1, 0.15) is 5.60 Å². The number of nitrogens with zero attached hydrogens (tertiary/aromatic N) is 4. The lowest BCUT2D eigenvalue weighted by atomic mass is 9.81. The maximum atomic E-state index is 12.7. The van der Waals surface area contributed by atoms with E-state index in [4.69, 9.17) is 14.0 Å². The number of likely N-dealkylation sites (tertiary alicyclic amines) is 1. The van der Waals surface area contributed by atoms with Gasteiger partial charge in [0.2, 0.25) is 5.95 Å². The molecule has 0 spiro atoms. The molecule has 1 aromatic heterocycles. The van der Waals surface area contributed by atoms with Crippen molar-refractivity contribution in [2.24, 2.45) is 0 Å². The summed E-state index contributed by atoms with van der Waals surface area (Å²) in [6, 6.07) is 0.538. The molecule has 32 heavy (non-hydrogen) atoms. The Labute approximate surface area is 192 Å². The first kappa shape index (κ1) is 23.3. The molecule has 3 heterocycles. The van der Waals surface area contributed by atoms with Gasteiger partial charge in [-0.25, -0.2) is 14.8 Å². The van der Waals surface area contributed by atoms with E-state index in [1.807, 2.05) is 53.4 Å². The summed E-state index contributed by atoms with van der Waals surface area (Å²) in [6.45, 7) is 15.3. The van der Waals surface area contributed by atoms with Crippen LogP contribution < -0.4 is 10.4 Å². The van der Waals surface area contributed by atoms with E-state index < -0.39 is 23.9 Å². The molecule has 2 aliphatic heterocycles. The van der Waals surface area contributed by atoms with E-state index in [1.165, 1.54) is 0 Å². The van der Waals surface area contributed by atoms with Crippen LogP contribution in [0.5, 0.6) is 0 Å². The summed E-state index contributed by atoms with van der Waals surface area (Å²) in [7, 11) is -0.471. The maximum absolute atomic E-state index is 12.7. The quantitative estimate of drug-likeness (QED) is 0.646. The largest absolute Gasteiger partial charge is 0.498 e. The lowest BCUT2D eigenvalue weighted by Gasteiger charge is -2.32. The van der Waals surface area contributed by atoms with E-state index in [-0.39, 0.29) is 12.1 Å². The Kier molecular flexibility index (Phi) is 5.95. The van der Waals surface area contributed by atoms with E-state index >= 15 is 0 Å². The number of ether oxygens (including phenoxy) is 1. The second-order valence-electron chi connectivity index (χ2n) is 11.3. The van der Waals surface area contributed by atoms with Gasteiger partial charge in [0.15, 0.2) is 0 Å². The fourth-order valence-electron chi connectivity index (χ4n) is 4.17. The van der Waals surface area contributed by atoms with Gasteiger partial charge in [-0.05, 0) is 74.1 Å². The summed E-state index contributed by atoms with van der Waals surface area (Å²) in [5.41, 5.74) is -0.472. The number of carbonyl (C=O) groups is 1. The number of hydrogen-bond acceptors (Lipinski definition) is 7. The van der Waals surface area contributed by atoms with Crippen molar-refractivity contribution in [2.45, 2.75) is 103 Å². The smallest absolute Gasteiger partial charge is 0.444 e. The van der Waals surface area contributed by atoms with Crippen LogP contribution in [0.1, 0.15) is 74.1 Å². The van der Waals surface area contributed by atoms with Gasteiger partial charge in [0.25, 0.3) is 0 Å². The Hall–Kier alpha value is -1.87. The lowest BCUT2D eigenvalue weighted by molar-refractivity contribution is 0.00578. The topological polar surface area (TPSA) is 77.0 Å². The standard InChI is InChI=1S/C23H37BN4O4/c1-21(2,3)30-20(29)27-12-8-9-18(27)15-28(17-10-11-17)19-25-13-16(14-26-19)24-31-22(4,5)23(6,7)32-24/h13-14,17-18H,8-12,15H2,1-7H3. The van der Waals surface area contributed by atoms with Crippen LogP contribution in [0.25, 0.3) is 0 Å². The van der Waals surface area contributed by atoms with Crippen molar-refractivity contribution in [2.75, 3.05) is 18.0 Å². The predicted molar refractivity (Wildman–Crippen MR) is 124 cm³/mol. The highest BCUT2D eigenvalue weighted by Crippen LogP contribution is 2.36. The van der Waals surface area contributed by atoms with Gasteiger partial charge in [-0.2, -0.15) is 0 Å². The van der Waals surface area contributed by atoms with Crippen LogP contribution in [0.3, 0.4) is 0 Å². The van der Waals surface area contributed by atoms with Crippen LogP contribution in [0.15, 0.2) is 12.4 Å². The predicted octanol–water partition coefficient (Wildman–Crippen LogP) is 3.14. The van der Waals surface area contributed by atoms with Crippen LogP contribution >= 0.6 is 0 Å². The molecule has 1 aliphatic carbocycles. The van der Waals surface area contributed by atoms with Gasteiger partial charge < -0.3 is 23.8 Å². The number of rotatable bonds is 5. The van der Waals surface area contributed by atoms with Crippen molar-refractivity contribution < 1.29 is 18.8 Å². The van der Waals surface area contributed by atoms with Crippen LogP contribution in [-0.2, 0) is 14.0 Å². The van der Waals surface area contributed by atoms with E-state index in [1.54, 1.807) is 12.4 Å². The van der Waals surface area contributed by atoms with Gasteiger partial charge in [-0.3, -0.25) is 0 Å². The molecule has 0 radical (unpaired) electrons. The number of amides is 1. The maximum Gasteiger partial charge on any atom is 0.498 e. The minimum Gasteiger partial charge on any atom is -0.444 e. The zero-order valence-electron chi connectivity index (χ0n) is 20.6. The molecule has 176 valence electrons. The number of hydrogen-bond donors (Lipinski definition) is 0. The lowest BCUT2D eigenvalue weighted by Crippen LogP contribution is -2.46. The van der Waals surface area contributed by atoms with Gasteiger partial charge in [0, 0.05) is 37.0 Å². The summed E-state index contributed by atoms with van der Waals surface area (Å²) in [4.78, 5) is 26.2. The summed E-state index contributed by atoms with van der Waals surface area (Å²) < 4.78 is 17.9. The zero-order valence-corrected chi connectivity index (χ0v) is 20.6. The molecule has 1 saturated carbocycles. The van der Waals surface area contributed by atoms with Crippen molar-refractivity contribution in [1.29, 1.82) is 0 Å². The molecule has 2 saturated heterocycles. The fourth-order valence-corrected chi connectivity index (χ4v) is 4.17. The average Bonchev–Trinajstić information content (AvgIpc) is 3.35. The third kappa shape index (κ3) is 4.88. The molecular weight excluding hydrogens is 407 g/mol. The first-order chi connectivity index (χ1) is 14.9. The molecule has 0 bridgehead atoms. The molecular formula is C23H37BN4O4. The molecule has 4 rings (SSSR count). The summed E-state index contributed by atoms with van der Waals surface area (Å²) in [5.74, 6) is 0.698. The Balaban J connectivity index is 1.45. The van der Waals surface area contributed by atoms with Crippen LogP contribution in [-0.4, -0.2) is 70.1 Å². The minimum absolute atomic E-state index is 0.108. The fraction of sp³-hybridized carbons (Fsp3) is 0.783. The third-order valence-corrected chi connectivity index (χ3v) is 6.84. The molecule has 0 N–H and O–H groups in total. The van der Waals surface area contributed by atoms with Crippen molar-refractivity contribution in [3.8, 4) is 0 Å². The van der Waals surface area contributed by atoms with E-state index in [0.717, 1.165) is 44.2 Å². The molecule has 0 aromatic carbocycles. The highest BCUT2D eigenvalue weighted by Gasteiger charge is 2.52. The zero-order chi connectivity index (χ0) is 23.3. The van der Waals surface area contributed by atoms with E-state index in [0.29, 0.717) is 12.0 Å². The summed E-state index contributed by atoms with van der Waals surface area (Å²) in [6.07, 6.45) is 7.59. The molecule has 8 nitrogen and oxygen atoms in total. The molecule has 1 aromatic rings. The Morgan fingerprint density at radius 2 is 1.75 bits per heavy atom. The van der Waals surface area contributed by atoms with Gasteiger partial charge in [-0.15, -0.1) is 0 Å². The van der Waals surface area contributed by atoms with Crippen molar-refractivity contribution in [3.05, 3.63) is 12.4 Å². The first-order valence-corrected chi connectivity index (χ1v) is 11.8. The normalized spacial score (nSPS) is 24.7. The van der Waals surface area contributed by atoms with Gasteiger partial charge in [-0.1, -0.05) is 0 Å². The van der Waals surface area contributed by atoms with Crippen LogP contribution in [0.4, 0.5) is 10.7 Å². The number of carbonyl (C=O) groups excluding carboxylic acids is 1. The van der Waals surface area contributed by atoms with Crippen molar-refractivity contribution in [1.82, 2.24) is 14.9 Å². The minimum atomic E-state index is -0.493. The molecule has 3 aliphatic rings. The molecule has 1 atom stereocenters. The SMILES string of the molecule is CC(C)(C)OC(=O)N1CCCC1CN(c1ncc(B2OC(C)(C)C(C)(C)O2)cn1)C1CC1. The van der Waals surface area contributed by atoms with Crippen LogP contribution in [0.2, 0.25) is 0 Å². The Bertz CT molecular complexity index is 819. The van der Waals surface area contributed by atoms with Crippen molar-refractivity contribution >= 4 is 24.6 Å². The average molecular weight is 444 g/mol. The second-order valence-corrected chi connectivity index (χ2v) is 11.3. The molecule has 1 amide bonds. The highest BCUT2D eigenvalue weighted by atomic mass is 16.7. The highest BCUT2D eigenvalue weighted by molar-refractivity contribution is 6.61. The van der Waals surface area contributed by atoms with Gasteiger partial charge >= 0.3 is 13.2 Å². The monoisotopic (exact) mass is 444 g/mol.